The fourth-order valence-corrected chi connectivity index (χ4v) is 2.39. The lowest BCUT2D eigenvalue weighted by Gasteiger charge is -2.36. The summed E-state index contributed by atoms with van der Waals surface area (Å²) < 4.78 is 38.3. The summed E-state index contributed by atoms with van der Waals surface area (Å²) in [6.45, 7) is 0.267. The molecule has 1 aromatic rings. The average Bonchev–Trinajstić information content (AvgIpc) is 2.98. The van der Waals surface area contributed by atoms with Crippen LogP contribution in [0, 0.1) is 0 Å². The summed E-state index contributed by atoms with van der Waals surface area (Å²) >= 11 is 0. The fraction of sp³-hybridized carbons (Fsp3) is 0.667. The summed E-state index contributed by atoms with van der Waals surface area (Å²) in [6, 6.07) is 1.65. The molecule has 1 aromatic heterocycles. The van der Waals surface area contributed by atoms with Gasteiger partial charge in [0.05, 0.1) is 6.54 Å². The third-order valence-electron chi connectivity index (χ3n) is 3.63. The molecule has 126 valence electrons. The minimum Gasteiger partial charge on any atom is -0.382 e. The molecular formula is C12H18ClF3N4O2. The van der Waals surface area contributed by atoms with E-state index in [1.54, 1.807) is 12.3 Å². The Morgan fingerprint density at radius 1 is 1.45 bits per heavy atom. The Hall–Kier alpha value is -1.32. The van der Waals surface area contributed by atoms with E-state index in [4.69, 9.17) is 5.11 Å². The number of carbonyl (C=O) groups is 1. The molecule has 1 aliphatic heterocycles. The van der Waals surface area contributed by atoms with E-state index in [0.29, 0.717) is 25.9 Å². The Morgan fingerprint density at radius 3 is 2.59 bits per heavy atom. The fourth-order valence-electron chi connectivity index (χ4n) is 2.39. The van der Waals surface area contributed by atoms with Gasteiger partial charge in [-0.2, -0.15) is 18.3 Å². The largest absolute Gasteiger partial charge is 0.416 e. The molecule has 1 fully saturated rings. The number of hydrogen-bond donors (Lipinski definition) is 3. The molecule has 1 saturated heterocycles. The normalized spacial score (nSPS) is 19.1. The van der Waals surface area contributed by atoms with E-state index in [-0.39, 0.29) is 12.4 Å². The number of alkyl halides is 3. The van der Waals surface area contributed by atoms with Gasteiger partial charge in [-0.3, -0.25) is 9.48 Å². The predicted molar refractivity (Wildman–Crippen MR) is 74.6 cm³/mol. The number of nitrogens with zero attached hydrogens (tertiary/aromatic N) is 2. The molecular weight excluding hydrogens is 325 g/mol. The van der Waals surface area contributed by atoms with Crippen LogP contribution in [0.1, 0.15) is 12.8 Å². The maximum absolute atomic E-state index is 12.4. The molecule has 2 rings (SSSR count). The number of amides is 1. The third-order valence-corrected chi connectivity index (χ3v) is 3.63. The second kappa shape index (κ2) is 7.30. The second-order valence-corrected chi connectivity index (χ2v) is 5.00. The van der Waals surface area contributed by atoms with Crippen molar-refractivity contribution in [3.05, 3.63) is 18.5 Å². The van der Waals surface area contributed by atoms with Gasteiger partial charge in [-0.1, -0.05) is 0 Å². The highest BCUT2D eigenvalue weighted by molar-refractivity contribution is 5.85. The van der Waals surface area contributed by atoms with Crippen LogP contribution < -0.4 is 10.6 Å². The van der Waals surface area contributed by atoms with Gasteiger partial charge in [-0.25, -0.2) is 0 Å². The number of aromatic nitrogens is 2. The molecule has 10 heteroatoms. The van der Waals surface area contributed by atoms with Gasteiger partial charge in [0.15, 0.2) is 6.10 Å². The molecule has 1 aliphatic rings. The SMILES string of the molecule is Cl.O=C(NCC(O)C(F)(F)F)C1(n2cccn2)CCNCC1. The molecule has 0 bridgehead atoms. The van der Waals surface area contributed by atoms with Gasteiger partial charge < -0.3 is 15.7 Å². The first-order chi connectivity index (χ1) is 9.86. The number of aliphatic hydroxyl groups is 1. The van der Waals surface area contributed by atoms with Gasteiger partial charge in [0.2, 0.25) is 5.91 Å². The third kappa shape index (κ3) is 3.90. The van der Waals surface area contributed by atoms with Crippen LogP contribution in [0.5, 0.6) is 0 Å². The van der Waals surface area contributed by atoms with Crippen LogP contribution in [0.25, 0.3) is 0 Å². The Bertz CT molecular complexity index is 475. The van der Waals surface area contributed by atoms with Crippen LogP contribution in [0.3, 0.4) is 0 Å². The zero-order valence-corrected chi connectivity index (χ0v) is 12.5. The molecule has 1 amide bonds. The van der Waals surface area contributed by atoms with E-state index in [1.165, 1.54) is 10.9 Å². The van der Waals surface area contributed by atoms with Crippen LogP contribution in [0.4, 0.5) is 13.2 Å². The minimum atomic E-state index is -4.75. The Kier molecular flexibility index (Phi) is 6.21. The highest BCUT2D eigenvalue weighted by atomic mass is 35.5. The molecule has 2 heterocycles. The molecule has 0 radical (unpaired) electrons. The number of carbonyl (C=O) groups excluding carboxylic acids is 1. The summed E-state index contributed by atoms with van der Waals surface area (Å²) in [5.74, 6) is -0.559. The summed E-state index contributed by atoms with van der Waals surface area (Å²) in [7, 11) is 0. The minimum absolute atomic E-state index is 0. The highest BCUT2D eigenvalue weighted by Gasteiger charge is 2.44. The van der Waals surface area contributed by atoms with Crippen molar-refractivity contribution >= 4 is 18.3 Å². The number of hydrogen-bond acceptors (Lipinski definition) is 4. The number of piperidine rings is 1. The lowest BCUT2D eigenvalue weighted by Crippen LogP contribution is -2.56. The lowest BCUT2D eigenvalue weighted by atomic mass is 9.87. The average molecular weight is 343 g/mol. The number of rotatable bonds is 4. The van der Waals surface area contributed by atoms with E-state index in [0.717, 1.165) is 0 Å². The Morgan fingerprint density at radius 2 is 2.09 bits per heavy atom. The maximum Gasteiger partial charge on any atom is 0.416 e. The van der Waals surface area contributed by atoms with E-state index in [9.17, 15) is 18.0 Å². The molecule has 22 heavy (non-hydrogen) atoms. The van der Waals surface area contributed by atoms with Crippen molar-refractivity contribution in [3.63, 3.8) is 0 Å². The predicted octanol–water partition coefficient (Wildman–Crippen LogP) is 0.423. The van der Waals surface area contributed by atoms with Crippen molar-refractivity contribution in [2.75, 3.05) is 19.6 Å². The molecule has 0 aliphatic carbocycles. The van der Waals surface area contributed by atoms with Crippen LogP contribution in [0.15, 0.2) is 18.5 Å². The first-order valence-electron chi connectivity index (χ1n) is 6.60. The molecule has 3 N–H and O–H groups in total. The number of nitrogens with one attached hydrogen (secondary N) is 2. The molecule has 0 aromatic carbocycles. The summed E-state index contributed by atoms with van der Waals surface area (Å²) in [5.41, 5.74) is -1.01. The summed E-state index contributed by atoms with van der Waals surface area (Å²) in [5, 5.41) is 18.3. The monoisotopic (exact) mass is 342 g/mol. The molecule has 1 unspecified atom stereocenters. The highest BCUT2D eigenvalue weighted by Crippen LogP contribution is 2.27. The first kappa shape index (κ1) is 18.7. The molecule has 0 spiro atoms. The quantitative estimate of drug-likeness (QED) is 0.741. The van der Waals surface area contributed by atoms with Gasteiger partial charge in [0, 0.05) is 12.4 Å². The van der Waals surface area contributed by atoms with E-state index in [1.807, 2.05) is 0 Å². The van der Waals surface area contributed by atoms with Crippen molar-refractivity contribution in [2.24, 2.45) is 0 Å². The van der Waals surface area contributed by atoms with Crippen LogP contribution in [-0.2, 0) is 10.3 Å². The summed E-state index contributed by atoms with van der Waals surface area (Å²) in [4.78, 5) is 12.4. The van der Waals surface area contributed by atoms with Crippen molar-refractivity contribution in [1.82, 2.24) is 20.4 Å². The van der Waals surface area contributed by atoms with Crippen molar-refractivity contribution in [1.29, 1.82) is 0 Å². The van der Waals surface area contributed by atoms with E-state index >= 15 is 0 Å². The zero-order valence-electron chi connectivity index (χ0n) is 11.6. The summed E-state index contributed by atoms with van der Waals surface area (Å²) in [6.07, 6.45) is -3.35. The van der Waals surface area contributed by atoms with Gasteiger partial charge in [-0.05, 0) is 32.0 Å². The Labute approximate surface area is 131 Å². The zero-order chi connectivity index (χ0) is 15.5. The van der Waals surface area contributed by atoms with Crippen LogP contribution >= 0.6 is 12.4 Å². The van der Waals surface area contributed by atoms with Crippen LogP contribution in [0.2, 0.25) is 0 Å². The smallest absolute Gasteiger partial charge is 0.382 e. The molecule has 0 saturated carbocycles. The van der Waals surface area contributed by atoms with Crippen molar-refractivity contribution < 1.29 is 23.1 Å². The molecule has 1 atom stereocenters. The standard InChI is InChI=1S/C12H17F3N4O2.ClH/c13-12(14,15)9(20)8-17-10(21)11(2-5-16-6-3-11)19-7-1-4-18-19;/h1,4,7,9,16,20H,2-3,5-6,8H2,(H,17,21);1H. The van der Waals surface area contributed by atoms with Crippen molar-refractivity contribution in [3.8, 4) is 0 Å². The lowest BCUT2D eigenvalue weighted by molar-refractivity contribution is -0.202. The Balaban J connectivity index is 0.00000242. The van der Waals surface area contributed by atoms with Gasteiger partial charge in [0.25, 0.3) is 0 Å². The van der Waals surface area contributed by atoms with Crippen molar-refractivity contribution in [2.45, 2.75) is 30.7 Å². The van der Waals surface area contributed by atoms with E-state index < -0.39 is 30.3 Å². The molecule has 6 nitrogen and oxygen atoms in total. The van der Waals surface area contributed by atoms with Gasteiger partial charge >= 0.3 is 6.18 Å². The van der Waals surface area contributed by atoms with Gasteiger partial charge in [0.1, 0.15) is 5.54 Å². The first-order valence-corrected chi connectivity index (χ1v) is 6.60. The van der Waals surface area contributed by atoms with E-state index in [2.05, 4.69) is 15.7 Å². The number of halogens is 4. The maximum atomic E-state index is 12.4. The van der Waals surface area contributed by atoms with Gasteiger partial charge in [-0.15, -0.1) is 12.4 Å². The van der Waals surface area contributed by atoms with Crippen LogP contribution in [-0.4, -0.2) is 52.7 Å². The second-order valence-electron chi connectivity index (χ2n) is 5.00. The number of aliphatic hydroxyl groups excluding tert-OH is 1. The topological polar surface area (TPSA) is 79.2 Å².